The molecule has 2 N–H and O–H groups in total. The van der Waals surface area contributed by atoms with Gasteiger partial charge in [-0.05, 0) is 66.2 Å². The van der Waals surface area contributed by atoms with Crippen LogP contribution in [-0.2, 0) is 20.8 Å². The maximum atomic E-state index is 12.9. The Morgan fingerprint density at radius 1 is 1.02 bits per heavy atom. The van der Waals surface area contributed by atoms with Gasteiger partial charge in [-0.3, -0.25) is 4.79 Å². The van der Waals surface area contributed by atoms with Gasteiger partial charge in [0.05, 0.1) is 48.1 Å². The van der Waals surface area contributed by atoms with Crippen LogP contribution in [0.1, 0.15) is 40.9 Å². The average Bonchev–Trinajstić information content (AvgIpc) is 3.41. The first kappa shape index (κ1) is 33.1. The van der Waals surface area contributed by atoms with Gasteiger partial charge in [-0.1, -0.05) is 19.1 Å². The van der Waals surface area contributed by atoms with Crippen LogP contribution in [0.5, 0.6) is 5.75 Å². The second-order valence-electron chi connectivity index (χ2n) is 10.1. The standard InChI is InChI=1S/C30H31F5N2O6S/c1-2-44(40,41)26-13-5-19(6-14-26)27(17-38)36-28(39)20-3-9-22(10-4-20)37-16-25(15-23(37)18-42-29(31)32)43-24-11-7-21(8-12-24)30(33,34)35/h3-14,23,25,27,29,38H,2,15-18H2,1H3,(H,36,39)/t23-,25+,27?/m0/s1. The molecule has 8 nitrogen and oxygen atoms in total. The summed E-state index contributed by atoms with van der Waals surface area (Å²) in [5, 5.41) is 12.6. The van der Waals surface area contributed by atoms with Crippen LogP contribution >= 0.6 is 0 Å². The Kier molecular flexibility index (Phi) is 10.5. The highest BCUT2D eigenvalue weighted by Gasteiger charge is 2.35. The van der Waals surface area contributed by atoms with Crippen molar-refractivity contribution in [1.82, 2.24) is 5.32 Å². The summed E-state index contributed by atoms with van der Waals surface area (Å²) in [6.07, 6.45) is -4.77. The molecule has 1 amide bonds. The van der Waals surface area contributed by atoms with Crippen molar-refractivity contribution in [3.05, 3.63) is 89.5 Å². The molecule has 1 heterocycles. The van der Waals surface area contributed by atoms with Gasteiger partial charge in [0.15, 0.2) is 9.84 Å². The van der Waals surface area contributed by atoms with Crippen molar-refractivity contribution in [3.63, 3.8) is 0 Å². The normalized spacial score (nSPS) is 18.0. The zero-order chi connectivity index (χ0) is 32.1. The van der Waals surface area contributed by atoms with Gasteiger partial charge in [-0.25, -0.2) is 8.42 Å². The Labute approximate surface area is 251 Å². The molecule has 0 aliphatic carbocycles. The van der Waals surface area contributed by atoms with Crippen LogP contribution in [0.3, 0.4) is 0 Å². The van der Waals surface area contributed by atoms with E-state index in [1.54, 1.807) is 17.0 Å². The third-order valence-corrected chi connectivity index (χ3v) is 9.00. The number of rotatable bonds is 12. The highest BCUT2D eigenvalue weighted by molar-refractivity contribution is 7.91. The number of aliphatic hydroxyl groups excluding tert-OH is 1. The van der Waals surface area contributed by atoms with E-state index in [0.29, 0.717) is 11.3 Å². The molecule has 3 aromatic rings. The van der Waals surface area contributed by atoms with Gasteiger partial charge in [0.2, 0.25) is 0 Å². The lowest BCUT2D eigenvalue weighted by Gasteiger charge is -2.26. The van der Waals surface area contributed by atoms with E-state index in [1.807, 2.05) is 0 Å². The Morgan fingerprint density at radius 2 is 1.66 bits per heavy atom. The van der Waals surface area contributed by atoms with Gasteiger partial charge >= 0.3 is 12.8 Å². The molecule has 0 spiro atoms. The summed E-state index contributed by atoms with van der Waals surface area (Å²) in [5.41, 5.74) is 0.505. The van der Waals surface area contributed by atoms with Crippen molar-refractivity contribution < 1.29 is 49.7 Å². The molecule has 3 aromatic carbocycles. The smallest absolute Gasteiger partial charge is 0.416 e. The quantitative estimate of drug-likeness (QED) is 0.261. The van der Waals surface area contributed by atoms with E-state index >= 15 is 0 Å². The molecule has 1 aliphatic heterocycles. The maximum Gasteiger partial charge on any atom is 0.416 e. The summed E-state index contributed by atoms with van der Waals surface area (Å²) in [6.45, 7) is -2.01. The number of amides is 1. The Bertz CT molecular complexity index is 1500. The number of aliphatic hydroxyl groups is 1. The molecule has 0 bridgehead atoms. The molecule has 1 unspecified atom stereocenters. The molecule has 0 radical (unpaired) electrons. The number of benzene rings is 3. The predicted octanol–water partition coefficient (Wildman–Crippen LogP) is 5.23. The largest absolute Gasteiger partial charge is 0.489 e. The van der Waals surface area contributed by atoms with Gasteiger partial charge in [0, 0.05) is 17.7 Å². The molecule has 4 rings (SSSR count). The number of alkyl halides is 5. The number of carbonyl (C=O) groups is 1. The van der Waals surface area contributed by atoms with E-state index in [9.17, 15) is 40.3 Å². The first-order valence-corrected chi connectivity index (χ1v) is 15.3. The lowest BCUT2D eigenvalue weighted by atomic mass is 10.1. The van der Waals surface area contributed by atoms with Gasteiger partial charge in [0.25, 0.3) is 5.91 Å². The molecule has 238 valence electrons. The zero-order valence-electron chi connectivity index (χ0n) is 23.5. The number of hydrogen-bond donors (Lipinski definition) is 2. The fraction of sp³-hybridized carbons (Fsp3) is 0.367. The van der Waals surface area contributed by atoms with Crippen molar-refractivity contribution in [2.45, 2.75) is 49.2 Å². The molecule has 3 atom stereocenters. The lowest BCUT2D eigenvalue weighted by molar-refractivity contribution is -0.137. The predicted molar refractivity (Wildman–Crippen MR) is 151 cm³/mol. The average molecular weight is 643 g/mol. The van der Waals surface area contributed by atoms with Gasteiger partial charge in [0.1, 0.15) is 11.9 Å². The van der Waals surface area contributed by atoms with E-state index < -0.39 is 58.9 Å². The summed E-state index contributed by atoms with van der Waals surface area (Å²) in [7, 11) is -3.41. The van der Waals surface area contributed by atoms with E-state index in [1.165, 1.54) is 55.5 Å². The van der Waals surface area contributed by atoms with Crippen molar-refractivity contribution in [1.29, 1.82) is 0 Å². The fourth-order valence-corrected chi connectivity index (χ4v) is 5.77. The second-order valence-corrected chi connectivity index (χ2v) is 12.4. The number of hydrogen-bond acceptors (Lipinski definition) is 7. The number of halogens is 5. The van der Waals surface area contributed by atoms with Crippen LogP contribution in [0.25, 0.3) is 0 Å². The van der Waals surface area contributed by atoms with Crippen LogP contribution in [-0.4, -0.2) is 63.7 Å². The maximum absolute atomic E-state index is 12.9. The van der Waals surface area contributed by atoms with Gasteiger partial charge in [-0.2, -0.15) is 22.0 Å². The Morgan fingerprint density at radius 3 is 2.20 bits per heavy atom. The van der Waals surface area contributed by atoms with Crippen LogP contribution < -0.4 is 15.0 Å². The minimum atomic E-state index is -4.49. The van der Waals surface area contributed by atoms with Crippen LogP contribution in [0.15, 0.2) is 77.7 Å². The van der Waals surface area contributed by atoms with E-state index in [2.05, 4.69) is 10.1 Å². The van der Waals surface area contributed by atoms with Crippen LogP contribution in [0, 0.1) is 0 Å². The fourth-order valence-electron chi connectivity index (χ4n) is 4.89. The number of nitrogens with zero attached hydrogens (tertiary/aromatic N) is 1. The van der Waals surface area contributed by atoms with E-state index in [0.717, 1.165) is 12.1 Å². The van der Waals surface area contributed by atoms with Crippen LogP contribution in [0.4, 0.5) is 27.6 Å². The molecule has 1 aliphatic rings. The SMILES string of the molecule is CCS(=O)(=O)c1ccc(C(CO)NC(=O)c2ccc(N3C[C@H](Oc4ccc(C(F)(F)F)cc4)C[C@H]3COC(F)F)cc2)cc1. The molecular weight excluding hydrogens is 611 g/mol. The monoisotopic (exact) mass is 642 g/mol. The minimum absolute atomic E-state index is 0.0627. The van der Waals surface area contributed by atoms with Gasteiger partial charge < -0.3 is 24.8 Å². The zero-order valence-corrected chi connectivity index (χ0v) is 24.3. The number of carbonyl (C=O) groups excluding carboxylic acids is 1. The Balaban J connectivity index is 1.44. The van der Waals surface area contributed by atoms with Crippen molar-refractivity contribution in [2.24, 2.45) is 0 Å². The molecule has 0 aromatic heterocycles. The highest BCUT2D eigenvalue weighted by Crippen LogP contribution is 2.33. The second kappa shape index (κ2) is 13.9. The summed E-state index contributed by atoms with van der Waals surface area (Å²) in [6, 6.07) is 15.0. The summed E-state index contributed by atoms with van der Waals surface area (Å²) < 4.78 is 98.8. The first-order valence-electron chi connectivity index (χ1n) is 13.7. The van der Waals surface area contributed by atoms with Crippen LogP contribution in [0.2, 0.25) is 0 Å². The van der Waals surface area contributed by atoms with E-state index in [4.69, 9.17) is 4.74 Å². The molecule has 1 saturated heterocycles. The van der Waals surface area contributed by atoms with Crippen molar-refractivity contribution in [3.8, 4) is 5.75 Å². The molecule has 1 fully saturated rings. The summed E-state index contributed by atoms with van der Waals surface area (Å²) in [5.74, 6) is -0.374. The molecule has 14 heteroatoms. The minimum Gasteiger partial charge on any atom is -0.489 e. The molecule has 44 heavy (non-hydrogen) atoms. The van der Waals surface area contributed by atoms with Crippen molar-refractivity contribution >= 4 is 21.4 Å². The number of ether oxygens (including phenoxy) is 2. The van der Waals surface area contributed by atoms with E-state index in [-0.39, 0.29) is 41.5 Å². The van der Waals surface area contributed by atoms with Crippen molar-refractivity contribution in [2.75, 3.05) is 30.4 Å². The molecular formula is C30H31F5N2O6S. The summed E-state index contributed by atoms with van der Waals surface area (Å²) >= 11 is 0. The third kappa shape index (κ3) is 8.24. The number of anilines is 1. The molecule has 0 saturated carbocycles. The Hall–Kier alpha value is -3.75. The third-order valence-electron chi connectivity index (χ3n) is 7.25. The highest BCUT2D eigenvalue weighted by atomic mass is 32.2. The lowest BCUT2D eigenvalue weighted by Crippen LogP contribution is -2.34. The topological polar surface area (TPSA) is 105 Å². The first-order chi connectivity index (χ1) is 20.8. The summed E-state index contributed by atoms with van der Waals surface area (Å²) in [4.78, 5) is 14.8. The van der Waals surface area contributed by atoms with Gasteiger partial charge in [-0.15, -0.1) is 0 Å². The number of sulfone groups is 1. The number of nitrogens with one attached hydrogen (secondary N) is 1.